The summed E-state index contributed by atoms with van der Waals surface area (Å²) < 4.78 is 10.7. The molecule has 0 aliphatic heterocycles. The molecule has 1 amide bonds. The van der Waals surface area contributed by atoms with Crippen molar-refractivity contribution in [2.45, 2.75) is 0 Å². The Morgan fingerprint density at radius 1 is 0.962 bits per heavy atom. The fraction of sp³-hybridized carbons (Fsp3) is 0. The molecule has 130 valence electrons. The van der Waals surface area contributed by atoms with Gasteiger partial charge in [-0.15, -0.1) is 0 Å². The van der Waals surface area contributed by atoms with Crippen LogP contribution >= 0.6 is 0 Å². The molecule has 0 fully saturated rings. The molecular formula is C18H13N3O5. The van der Waals surface area contributed by atoms with Crippen molar-refractivity contribution in [3.8, 4) is 17.2 Å². The summed E-state index contributed by atoms with van der Waals surface area (Å²) in [5.41, 5.74) is 0.428. The SMILES string of the molecule is O=C(Nc1ccc(Oc2cccnc2)cc1)Oc1ccc([N+](=O)[O-])cc1. The Bertz CT molecular complexity index is 896. The van der Waals surface area contributed by atoms with E-state index in [4.69, 9.17) is 9.47 Å². The number of amides is 1. The molecule has 0 aliphatic rings. The van der Waals surface area contributed by atoms with E-state index < -0.39 is 11.0 Å². The molecule has 1 heterocycles. The van der Waals surface area contributed by atoms with Crippen molar-refractivity contribution in [1.29, 1.82) is 0 Å². The fourth-order valence-electron chi connectivity index (χ4n) is 2.04. The predicted octanol–water partition coefficient (Wildman–Crippen LogP) is 4.39. The number of hydrogen-bond acceptors (Lipinski definition) is 6. The maximum atomic E-state index is 11.9. The van der Waals surface area contributed by atoms with Crippen molar-refractivity contribution in [1.82, 2.24) is 4.98 Å². The first-order valence-electron chi connectivity index (χ1n) is 7.51. The van der Waals surface area contributed by atoms with Gasteiger partial charge in [0.05, 0.1) is 11.1 Å². The van der Waals surface area contributed by atoms with Crippen molar-refractivity contribution in [2.24, 2.45) is 0 Å². The Hall–Kier alpha value is -3.94. The van der Waals surface area contributed by atoms with Crippen LogP contribution in [0.1, 0.15) is 0 Å². The quantitative estimate of drug-likeness (QED) is 0.540. The third-order valence-electron chi connectivity index (χ3n) is 3.23. The number of benzene rings is 2. The number of non-ortho nitro benzene ring substituents is 1. The van der Waals surface area contributed by atoms with E-state index in [9.17, 15) is 14.9 Å². The van der Waals surface area contributed by atoms with Crippen LogP contribution < -0.4 is 14.8 Å². The van der Waals surface area contributed by atoms with E-state index in [0.717, 1.165) is 0 Å². The fourth-order valence-corrected chi connectivity index (χ4v) is 2.04. The average molecular weight is 351 g/mol. The molecule has 1 aromatic heterocycles. The molecule has 0 spiro atoms. The minimum absolute atomic E-state index is 0.0815. The van der Waals surface area contributed by atoms with E-state index in [-0.39, 0.29) is 11.4 Å². The van der Waals surface area contributed by atoms with Crippen LogP contribution in [0.3, 0.4) is 0 Å². The zero-order chi connectivity index (χ0) is 18.4. The van der Waals surface area contributed by atoms with Gasteiger partial charge >= 0.3 is 6.09 Å². The monoisotopic (exact) mass is 351 g/mol. The molecule has 0 atom stereocenters. The van der Waals surface area contributed by atoms with Crippen LogP contribution in [0.2, 0.25) is 0 Å². The lowest BCUT2D eigenvalue weighted by molar-refractivity contribution is -0.384. The van der Waals surface area contributed by atoms with Gasteiger partial charge in [-0.25, -0.2) is 4.79 Å². The molecule has 3 aromatic rings. The Labute approximate surface area is 148 Å². The van der Waals surface area contributed by atoms with Crippen molar-refractivity contribution in [2.75, 3.05) is 5.32 Å². The molecule has 0 aliphatic carbocycles. The summed E-state index contributed by atoms with van der Waals surface area (Å²) >= 11 is 0. The largest absolute Gasteiger partial charge is 0.456 e. The van der Waals surface area contributed by atoms with Crippen LogP contribution in [0.25, 0.3) is 0 Å². The molecule has 1 N–H and O–H groups in total. The first-order chi connectivity index (χ1) is 12.6. The third-order valence-corrected chi connectivity index (χ3v) is 3.23. The number of rotatable bonds is 5. The minimum atomic E-state index is -0.709. The lowest BCUT2D eigenvalue weighted by Gasteiger charge is -2.08. The van der Waals surface area contributed by atoms with Crippen molar-refractivity contribution in [3.05, 3.63) is 83.2 Å². The Morgan fingerprint density at radius 3 is 2.27 bits per heavy atom. The molecule has 0 radical (unpaired) electrons. The summed E-state index contributed by atoms with van der Waals surface area (Å²) in [5, 5.41) is 13.1. The lowest BCUT2D eigenvalue weighted by atomic mass is 10.3. The van der Waals surface area contributed by atoms with E-state index in [1.807, 2.05) is 0 Å². The molecule has 26 heavy (non-hydrogen) atoms. The normalized spacial score (nSPS) is 10.0. The number of nitrogens with one attached hydrogen (secondary N) is 1. The number of carbonyl (C=O) groups is 1. The first-order valence-corrected chi connectivity index (χ1v) is 7.51. The van der Waals surface area contributed by atoms with Gasteiger partial charge in [-0.2, -0.15) is 0 Å². The number of nitro benzene ring substituents is 1. The summed E-state index contributed by atoms with van der Waals surface area (Å²) in [4.78, 5) is 25.9. The van der Waals surface area contributed by atoms with Gasteiger partial charge in [-0.05, 0) is 48.5 Å². The van der Waals surface area contributed by atoms with Gasteiger partial charge in [0.15, 0.2) is 0 Å². The number of aromatic nitrogens is 1. The number of hydrogen-bond donors (Lipinski definition) is 1. The van der Waals surface area contributed by atoms with E-state index in [1.54, 1.807) is 48.8 Å². The van der Waals surface area contributed by atoms with Gasteiger partial charge in [0.1, 0.15) is 17.2 Å². The van der Waals surface area contributed by atoms with Crippen molar-refractivity contribution < 1.29 is 19.2 Å². The highest BCUT2D eigenvalue weighted by Crippen LogP contribution is 2.22. The van der Waals surface area contributed by atoms with Gasteiger partial charge in [0.2, 0.25) is 0 Å². The second-order valence-corrected chi connectivity index (χ2v) is 5.08. The Balaban J connectivity index is 1.56. The molecule has 0 unspecified atom stereocenters. The number of anilines is 1. The van der Waals surface area contributed by atoms with Crippen LogP contribution in [0, 0.1) is 10.1 Å². The van der Waals surface area contributed by atoms with Crippen molar-refractivity contribution >= 4 is 17.5 Å². The summed E-state index contributed by atoms with van der Waals surface area (Å²) in [6.07, 6.45) is 2.53. The zero-order valence-corrected chi connectivity index (χ0v) is 13.4. The van der Waals surface area contributed by atoms with E-state index in [1.165, 1.54) is 24.3 Å². The van der Waals surface area contributed by atoms with Gasteiger partial charge in [-0.3, -0.25) is 20.4 Å². The van der Waals surface area contributed by atoms with Crippen LogP contribution in [-0.2, 0) is 0 Å². The van der Waals surface area contributed by atoms with E-state index >= 15 is 0 Å². The van der Waals surface area contributed by atoms with Gasteiger partial charge in [-0.1, -0.05) is 0 Å². The summed E-state index contributed by atoms with van der Waals surface area (Å²) in [6, 6.07) is 15.4. The standard InChI is InChI=1S/C18H13N3O5/c22-18(26-16-9-5-14(6-10-16)21(23)24)20-13-3-7-15(8-4-13)25-17-2-1-11-19-12-17/h1-12H,(H,20,22). The molecule has 8 heteroatoms. The zero-order valence-electron chi connectivity index (χ0n) is 13.4. The molecule has 0 saturated carbocycles. The highest BCUT2D eigenvalue weighted by atomic mass is 16.6. The number of ether oxygens (including phenoxy) is 2. The Kier molecular flexibility index (Phi) is 5.04. The Morgan fingerprint density at radius 2 is 1.65 bits per heavy atom. The van der Waals surface area contributed by atoms with Crippen LogP contribution in [-0.4, -0.2) is 16.0 Å². The predicted molar refractivity (Wildman–Crippen MR) is 93.5 cm³/mol. The lowest BCUT2D eigenvalue weighted by Crippen LogP contribution is -2.16. The van der Waals surface area contributed by atoms with E-state index in [2.05, 4.69) is 10.3 Å². The molecule has 2 aromatic carbocycles. The maximum Gasteiger partial charge on any atom is 0.417 e. The molecule has 0 bridgehead atoms. The second-order valence-electron chi connectivity index (χ2n) is 5.08. The number of nitrogens with zero attached hydrogens (tertiary/aromatic N) is 2. The highest BCUT2D eigenvalue weighted by Gasteiger charge is 2.08. The number of nitro groups is 1. The summed E-state index contributed by atoms with van der Waals surface area (Å²) in [6.45, 7) is 0. The third kappa shape index (κ3) is 4.54. The van der Waals surface area contributed by atoms with Crippen LogP contribution in [0.15, 0.2) is 73.1 Å². The van der Waals surface area contributed by atoms with Gasteiger partial charge in [0.25, 0.3) is 5.69 Å². The van der Waals surface area contributed by atoms with Gasteiger partial charge in [0, 0.05) is 24.0 Å². The highest BCUT2D eigenvalue weighted by molar-refractivity contribution is 5.86. The first kappa shape index (κ1) is 16.9. The number of carbonyl (C=O) groups excluding carboxylic acids is 1. The molecule has 0 saturated heterocycles. The summed E-state index contributed by atoms with van der Waals surface area (Å²) in [7, 11) is 0. The average Bonchev–Trinajstić information content (AvgIpc) is 2.64. The number of pyridine rings is 1. The van der Waals surface area contributed by atoms with Crippen LogP contribution in [0.5, 0.6) is 17.2 Å². The molecular weight excluding hydrogens is 338 g/mol. The van der Waals surface area contributed by atoms with Crippen LogP contribution in [0.4, 0.5) is 16.2 Å². The molecule has 3 rings (SSSR count). The summed E-state index contributed by atoms with van der Waals surface area (Å²) in [5.74, 6) is 1.39. The maximum absolute atomic E-state index is 11.9. The van der Waals surface area contributed by atoms with Gasteiger partial charge < -0.3 is 9.47 Å². The van der Waals surface area contributed by atoms with E-state index in [0.29, 0.717) is 17.2 Å². The minimum Gasteiger partial charge on any atom is -0.456 e. The van der Waals surface area contributed by atoms with Crippen molar-refractivity contribution in [3.63, 3.8) is 0 Å². The second kappa shape index (κ2) is 7.75. The topological polar surface area (TPSA) is 104 Å². The molecule has 8 nitrogen and oxygen atoms in total. The smallest absolute Gasteiger partial charge is 0.417 e.